The zero-order valence-corrected chi connectivity index (χ0v) is 19.2. The first kappa shape index (κ1) is 22.2. The molecule has 0 aliphatic rings. The number of hydrogen-bond acceptors (Lipinski definition) is 6. The third-order valence-corrected chi connectivity index (χ3v) is 7.88. The predicted molar refractivity (Wildman–Crippen MR) is 124 cm³/mol. The summed E-state index contributed by atoms with van der Waals surface area (Å²) >= 11 is 1.41. The number of sulfonamides is 1. The topological polar surface area (TPSA) is 114 Å². The summed E-state index contributed by atoms with van der Waals surface area (Å²) in [4.78, 5) is 24.6. The van der Waals surface area contributed by atoms with Crippen LogP contribution < -0.4 is 4.72 Å². The Kier molecular flexibility index (Phi) is 5.66. The van der Waals surface area contributed by atoms with E-state index in [2.05, 4.69) is 4.72 Å². The van der Waals surface area contributed by atoms with E-state index in [0.717, 1.165) is 21.2 Å². The van der Waals surface area contributed by atoms with Crippen molar-refractivity contribution < 1.29 is 27.5 Å². The molecule has 0 amide bonds. The van der Waals surface area contributed by atoms with E-state index in [0.29, 0.717) is 16.0 Å². The lowest BCUT2D eigenvalue weighted by atomic mass is 10.1. The van der Waals surface area contributed by atoms with Crippen LogP contribution in [-0.2, 0) is 14.8 Å². The predicted octanol–water partition coefficient (Wildman–Crippen LogP) is 4.90. The van der Waals surface area contributed by atoms with Gasteiger partial charge in [-0.15, -0.1) is 11.3 Å². The second kappa shape index (κ2) is 8.16. The standard InChI is InChI=1S/C23H21NO6S2/c1-12(2)22(23(26)27)24-32(28,29)15-5-6-16-17-10-14(4-7-18(17)30-19(16)11-15)21-9-8-20(31-21)13(3)25/h4-12,22,24H,1-3H3,(H,26,27)/t22-/m0/s1. The number of hydrogen-bond donors (Lipinski definition) is 2. The summed E-state index contributed by atoms with van der Waals surface area (Å²) in [6.07, 6.45) is 0. The Morgan fingerprint density at radius 3 is 2.38 bits per heavy atom. The first-order chi connectivity index (χ1) is 15.1. The fourth-order valence-corrected chi connectivity index (χ4v) is 5.72. The number of thiophene rings is 1. The molecule has 166 valence electrons. The minimum absolute atomic E-state index is 0.0149. The van der Waals surface area contributed by atoms with Gasteiger partial charge in [-0.3, -0.25) is 9.59 Å². The monoisotopic (exact) mass is 471 g/mol. The number of carbonyl (C=O) groups excluding carboxylic acids is 1. The number of carboxylic acid groups (broad SMARTS) is 1. The largest absolute Gasteiger partial charge is 0.480 e. The lowest BCUT2D eigenvalue weighted by Crippen LogP contribution is -2.44. The summed E-state index contributed by atoms with van der Waals surface area (Å²) < 4.78 is 33.6. The van der Waals surface area contributed by atoms with E-state index in [1.807, 2.05) is 24.3 Å². The number of ketones is 1. The molecule has 0 spiro atoms. The molecule has 0 saturated heterocycles. The quantitative estimate of drug-likeness (QED) is 0.371. The molecular formula is C23H21NO6S2. The van der Waals surface area contributed by atoms with Crippen LogP contribution in [0.15, 0.2) is 57.8 Å². The van der Waals surface area contributed by atoms with Crippen LogP contribution >= 0.6 is 11.3 Å². The molecule has 0 unspecified atom stereocenters. The van der Waals surface area contributed by atoms with Crippen molar-refractivity contribution in [2.24, 2.45) is 5.92 Å². The molecule has 0 bridgehead atoms. The summed E-state index contributed by atoms with van der Waals surface area (Å²) in [6, 6.07) is 12.6. The fraction of sp³-hybridized carbons (Fsp3) is 0.217. The number of carbonyl (C=O) groups is 2. The third kappa shape index (κ3) is 4.06. The van der Waals surface area contributed by atoms with Gasteiger partial charge in [0.05, 0.1) is 9.77 Å². The Balaban J connectivity index is 1.74. The van der Waals surface area contributed by atoms with Crippen LogP contribution in [0.25, 0.3) is 32.4 Å². The highest BCUT2D eigenvalue weighted by atomic mass is 32.2. The number of furan rings is 1. The maximum atomic E-state index is 12.8. The number of nitrogens with one attached hydrogen (secondary N) is 1. The minimum atomic E-state index is -4.06. The van der Waals surface area contributed by atoms with Gasteiger partial charge in [0.15, 0.2) is 5.78 Å². The van der Waals surface area contributed by atoms with Crippen LogP contribution in [0.3, 0.4) is 0 Å². The van der Waals surface area contributed by atoms with Crippen LogP contribution in [0.1, 0.15) is 30.4 Å². The lowest BCUT2D eigenvalue weighted by molar-refractivity contribution is -0.140. The normalized spacial score (nSPS) is 13.1. The van der Waals surface area contributed by atoms with E-state index < -0.39 is 28.0 Å². The number of Topliss-reactive ketones (excluding diaryl/α,β-unsaturated/α-hetero) is 1. The first-order valence-electron chi connectivity index (χ1n) is 9.89. The van der Waals surface area contributed by atoms with Gasteiger partial charge in [-0.05, 0) is 60.9 Å². The van der Waals surface area contributed by atoms with E-state index in [4.69, 9.17) is 4.42 Å². The average molecular weight is 472 g/mol. The average Bonchev–Trinajstić information content (AvgIpc) is 3.35. The molecule has 0 saturated carbocycles. The Labute approximate surface area is 188 Å². The van der Waals surface area contributed by atoms with E-state index in [-0.39, 0.29) is 10.7 Å². The Bertz CT molecular complexity index is 1460. The van der Waals surface area contributed by atoms with Crippen molar-refractivity contribution in [1.29, 1.82) is 0 Å². The van der Waals surface area contributed by atoms with Crippen LogP contribution in [-0.4, -0.2) is 31.3 Å². The zero-order chi connectivity index (χ0) is 23.2. The van der Waals surface area contributed by atoms with Gasteiger partial charge in [0.2, 0.25) is 10.0 Å². The highest BCUT2D eigenvalue weighted by Gasteiger charge is 2.28. The van der Waals surface area contributed by atoms with E-state index in [1.165, 1.54) is 30.4 Å². The molecule has 4 aromatic rings. The van der Waals surface area contributed by atoms with Gasteiger partial charge in [-0.2, -0.15) is 4.72 Å². The van der Waals surface area contributed by atoms with Crippen molar-refractivity contribution >= 4 is 55.1 Å². The highest BCUT2D eigenvalue weighted by molar-refractivity contribution is 7.89. The summed E-state index contributed by atoms with van der Waals surface area (Å²) in [7, 11) is -4.06. The van der Waals surface area contributed by atoms with Crippen molar-refractivity contribution in [3.63, 3.8) is 0 Å². The van der Waals surface area contributed by atoms with Gasteiger partial charge in [-0.25, -0.2) is 8.42 Å². The number of aliphatic carboxylic acids is 1. The van der Waals surface area contributed by atoms with E-state index in [9.17, 15) is 23.1 Å². The molecular weight excluding hydrogens is 450 g/mol. The first-order valence-corrected chi connectivity index (χ1v) is 12.2. The van der Waals surface area contributed by atoms with Crippen molar-refractivity contribution in [1.82, 2.24) is 4.72 Å². The van der Waals surface area contributed by atoms with Crippen molar-refractivity contribution in [2.45, 2.75) is 31.7 Å². The molecule has 0 radical (unpaired) electrons. The molecule has 4 rings (SSSR count). The van der Waals surface area contributed by atoms with Crippen molar-refractivity contribution in [2.75, 3.05) is 0 Å². The molecule has 0 aliphatic heterocycles. The number of carboxylic acids is 1. The number of benzene rings is 2. The van der Waals surface area contributed by atoms with Crippen LogP contribution in [0.4, 0.5) is 0 Å². The van der Waals surface area contributed by atoms with Crippen molar-refractivity contribution in [3.8, 4) is 10.4 Å². The second-order valence-corrected chi connectivity index (χ2v) is 10.7. The lowest BCUT2D eigenvalue weighted by Gasteiger charge is -2.17. The molecule has 1 atom stereocenters. The van der Waals surface area contributed by atoms with Gasteiger partial charge in [0, 0.05) is 21.7 Å². The zero-order valence-electron chi connectivity index (χ0n) is 17.6. The molecule has 2 N–H and O–H groups in total. The molecule has 0 aliphatic carbocycles. The molecule has 2 aromatic carbocycles. The second-order valence-electron chi connectivity index (χ2n) is 7.87. The third-order valence-electron chi connectivity index (χ3n) is 5.21. The van der Waals surface area contributed by atoms with Gasteiger partial charge in [0.25, 0.3) is 0 Å². The van der Waals surface area contributed by atoms with Gasteiger partial charge in [-0.1, -0.05) is 13.8 Å². The SMILES string of the molecule is CC(=O)c1ccc(-c2ccc3oc4cc(S(=O)(=O)N[C@H](C(=O)O)C(C)C)ccc4c3c2)s1. The molecule has 9 heteroatoms. The maximum absolute atomic E-state index is 12.8. The Hall–Kier alpha value is -3.01. The highest BCUT2D eigenvalue weighted by Crippen LogP contribution is 2.35. The summed E-state index contributed by atoms with van der Waals surface area (Å²) in [5, 5.41) is 10.9. The Morgan fingerprint density at radius 1 is 1.00 bits per heavy atom. The summed E-state index contributed by atoms with van der Waals surface area (Å²) in [5.41, 5.74) is 1.91. The van der Waals surface area contributed by atoms with E-state index in [1.54, 1.807) is 26.0 Å². The van der Waals surface area contributed by atoms with Gasteiger partial charge >= 0.3 is 5.97 Å². The van der Waals surface area contributed by atoms with Gasteiger partial charge < -0.3 is 9.52 Å². The fourth-order valence-electron chi connectivity index (χ4n) is 3.47. The summed E-state index contributed by atoms with van der Waals surface area (Å²) in [6.45, 7) is 4.80. The smallest absolute Gasteiger partial charge is 0.322 e. The maximum Gasteiger partial charge on any atom is 0.322 e. The molecule has 32 heavy (non-hydrogen) atoms. The summed E-state index contributed by atoms with van der Waals surface area (Å²) in [5.74, 6) is -1.64. The molecule has 7 nitrogen and oxygen atoms in total. The minimum Gasteiger partial charge on any atom is -0.480 e. The van der Waals surface area contributed by atoms with Crippen LogP contribution in [0.2, 0.25) is 0 Å². The van der Waals surface area contributed by atoms with Crippen LogP contribution in [0, 0.1) is 5.92 Å². The molecule has 2 heterocycles. The molecule has 0 fully saturated rings. The molecule has 2 aromatic heterocycles. The van der Waals surface area contributed by atoms with E-state index >= 15 is 0 Å². The van der Waals surface area contributed by atoms with Crippen molar-refractivity contribution in [3.05, 3.63) is 53.4 Å². The van der Waals surface area contributed by atoms with Crippen LogP contribution in [0.5, 0.6) is 0 Å². The number of rotatable bonds is 7. The number of fused-ring (bicyclic) bond motifs is 3. The Morgan fingerprint density at radius 2 is 1.75 bits per heavy atom. The van der Waals surface area contributed by atoms with Gasteiger partial charge in [0.1, 0.15) is 17.2 Å².